The van der Waals surface area contributed by atoms with Gasteiger partial charge in [-0.15, -0.1) is 0 Å². The molecule has 0 aliphatic carbocycles. The highest BCUT2D eigenvalue weighted by Crippen LogP contribution is 2.30. The number of carbonyl (C=O) groups excluding carboxylic acids is 1. The summed E-state index contributed by atoms with van der Waals surface area (Å²) in [5, 5.41) is 14.1. The topological polar surface area (TPSA) is 86.0 Å². The number of furan rings is 1. The van der Waals surface area contributed by atoms with Crippen LogP contribution in [-0.2, 0) is 4.79 Å². The number of nitrogens with one attached hydrogen (secondary N) is 1. The van der Waals surface area contributed by atoms with Gasteiger partial charge >= 0.3 is 12.0 Å². The Labute approximate surface area is 168 Å². The van der Waals surface area contributed by atoms with Crippen molar-refractivity contribution in [1.82, 2.24) is 9.80 Å². The molecule has 2 amide bonds. The number of amides is 2. The van der Waals surface area contributed by atoms with E-state index >= 15 is 0 Å². The zero-order valence-corrected chi connectivity index (χ0v) is 16.4. The molecule has 152 valence electrons. The summed E-state index contributed by atoms with van der Waals surface area (Å²) >= 11 is 0. The van der Waals surface area contributed by atoms with E-state index in [9.17, 15) is 9.59 Å². The minimum absolute atomic E-state index is 0.0465. The lowest BCUT2D eigenvalue weighted by molar-refractivity contribution is -0.139. The summed E-state index contributed by atoms with van der Waals surface area (Å²) in [7, 11) is 0. The number of likely N-dealkylation sites (tertiary alicyclic amines) is 1. The van der Waals surface area contributed by atoms with Crippen molar-refractivity contribution in [2.75, 3.05) is 31.5 Å². The molecule has 1 aliphatic rings. The molecule has 1 aromatic heterocycles. The average Bonchev–Trinajstić information content (AvgIpc) is 3.09. The molecule has 7 heteroatoms. The number of rotatable bonds is 5. The summed E-state index contributed by atoms with van der Waals surface area (Å²) < 4.78 is 5.89. The van der Waals surface area contributed by atoms with Gasteiger partial charge in [0.1, 0.15) is 11.2 Å². The van der Waals surface area contributed by atoms with Crippen LogP contribution in [0.25, 0.3) is 21.9 Å². The molecule has 0 spiro atoms. The van der Waals surface area contributed by atoms with Gasteiger partial charge in [0.2, 0.25) is 0 Å². The number of carboxylic acids is 1. The summed E-state index contributed by atoms with van der Waals surface area (Å²) in [5.74, 6) is -0.812. The largest absolute Gasteiger partial charge is 0.480 e. The molecule has 7 nitrogen and oxygen atoms in total. The van der Waals surface area contributed by atoms with E-state index in [0.29, 0.717) is 25.3 Å². The van der Waals surface area contributed by atoms with Crippen molar-refractivity contribution in [3.8, 4) is 0 Å². The maximum atomic E-state index is 12.7. The minimum Gasteiger partial charge on any atom is -0.480 e. The first-order valence-corrected chi connectivity index (χ1v) is 9.98. The number of piperidine rings is 1. The molecule has 2 heterocycles. The van der Waals surface area contributed by atoms with E-state index in [1.165, 1.54) is 0 Å². The van der Waals surface area contributed by atoms with Crippen LogP contribution < -0.4 is 5.32 Å². The van der Waals surface area contributed by atoms with Gasteiger partial charge in [-0.3, -0.25) is 9.69 Å². The van der Waals surface area contributed by atoms with Crippen LogP contribution in [0.1, 0.15) is 19.8 Å². The first-order valence-electron chi connectivity index (χ1n) is 9.98. The second-order valence-corrected chi connectivity index (χ2v) is 7.41. The van der Waals surface area contributed by atoms with E-state index in [1.54, 1.807) is 4.90 Å². The van der Waals surface area contributed by atoms with Crippen LogP contribution in [0.3, 0.4) is 0 Å². The van der Waals surface area contributed by atoms with Gasteiger partial charge in [0, 0.05) is 41.7 Å². The molecule has 0 atom stereocenters. The Kier molecular flexibility index (Phi) is 5.40. The fraction of sp³-hybridized carbons (Fsp3) is 0.364. The third-order valence-electron chi connectivity index (χ3n) is 5.64. The fourth-order valence-corrected chi connectivity index (χ4v) is 4.11. The van der Waals surface area contributed by atoms with Crippen molar-refractivity contribution in [2.45, 2.75) is 25.8 Å². The molecule has 1 fully saturated rings. The number of likely N-dealkylation sites (N-methyl/N-ethyl adjacent to an activating group) is 1. The van der Waals surface area contributed by atoms with Crippen molar-refractivity contribution in [1.29, 1.82) is 0 Å². The van der Waals surface area contributed by atoms with E-state index in [0.717, 1.165) is 34.8 Å². The summed E-state index contributed by atoms with van der Waals surface area (Å²) in [6.45, 7) is 3.93. The number of benzene rings is 2. The maximum absolute atomic E-state index is 12.7. The normalized spacial score (nSPS) is 15.3. The summed E-state index contributed by atoms with van der Waals surface area (Å²) in [4.78, 5) is 27.4. The molecule has 1 aliphatic heterocycles. The Morgan fingerprint density at radius 3 is 2.59 bits per heavy atom. The quantitative estimate of drug-likeness (QED) is 0.682. The SMILES string of the molecule is CCN(CC(=O)O)C1CCN(C(=O)Nc2ccc3c(c2)oc2ccccc23)CC1. The van der Waals surface area contributed by atoms with Gasteiger partial charge in [0.05, 0.1) is 6.54 Å². The average molecular weight is 395 g/mol. The van der Waals surface area contributed by atoms with Crippen LogP contribution in [0.4, 0.5) is 10.5 Å². The van der Waals surface area contributed by atoms with Gasteiger partial charge < -0.3 is 19.7 Å². The molecular formula is C22H25N3O4. The van der Waals surface area contributed by atoms with Crippen molar-refractivity contribution in [3.63, 3.8) is 0 Å². The van der Waals surface area contributed by atoms with Crippen molar-refractivity contribution >= 4 is 39.6 Å². The number of anilines is 1. The third kappa shape index (κ3) is 4.05. The number of para-hydroxylation sites is 1. The molecule has 0 unspecified atom stereocenters. The van der Waals surface area contributed by atoms with Gasteiger partial charge in [0.15, 0.2) is 0 Å². The van der Waals surface area contributed by atoms with Crippen LogP contribution in [0, 0.1) is 0 Å². The van der Waals surface area contributed by atoms with Gasteiger partial charge in [-0.05, 0) is 37.6 Å². The van der Waals surface area contributed by atoms with Gasteiger partial charge in [-0.1, -0.05) is 25.1 Å². The number of hydrogen-bond donors (Lipinski definition) is 2. The van der Waals surface area contributed by atoms with Crippen LogP contribution in [0.5, 0.6) is 0 Å². The molecule has 4 rings (SSSR count). The second kappa shape index (κ2) is 8.13. The van der Waals surface area contributed by atoms with E-state index in [-0.39, 0.29) is 18.6 Å². The predicted octanol–water partition coefficient (Wildman–Crippen LogP) is 3.99. The van der Waals surface area contributed by atoms with Gasteiger partial charge in [0.25, 0.3) is 0 Å². The molecule has 29 heavy (non-hydrogen) atoms. The highest BCUT2D eigenvalue weighted by Gasteiger charge is 2.27. The number of hydrogen-bond acceptors (Lipinski definition) is 4. The predicted molar refractivity (Wildman–Crippen MR) is 112 cm³/mol. The number of nitrogens with zero attached hydrogens (tertiary/aromatic N) is 2. The van der Waals surface area contributed by atoms with Crippen molar-refractivity contribution in [2.24, 2.45) is 0 Å². The molecular weight excluding hydrogens is 370 g/mol. The molecule has 1 saturated heterocycles. The number of urea groups is 1. The van der Waals surface area contributed by atoms with E-state index < -0.39 is 5.97 Å². The Morgan fingerprint density at radius 2 is 1.86 bits per heavy atom. The standard InChI is InChI=1S/C22H25N3O4/c1-2-24(14-21(26)27)16-9-11-25(12-10-16)22(28)23-15-7-8-18-17-5-3-4-6-19(17)29-20(18)13-15/h3-8,13,16H,2,9-12,14H2,1H3,(H,23,28)(H,26,27). The Bertz CT molecular complexity index is 1040. The number of carboxylic acid groups (broad SMARTS) is 1. The lowest BCUT2D eigenvalue weighted by atomic mass is 10.0. The number of fused-ring (bicyclic) bond motifs is 3. The van der Waals surface area contributed by atoms with Gasteiger partial charge in [-0.25, -0.2) is 4.79 Å². The van der Waals surface area contributed by atoms with Crippen molar-refractivity contribution < 1.29 is 19.1 Å². The monoisotopic (exact) mass is 395 g/mol. The zero-order chi connectivity index (χ0) is 20.4. The second-order valence-electron chi connectivity index (χ2n) is 7.41. The van der Waals surface area contributed by atoms with Crippen LogP contribution in [0.15, 0.2) is 46.9 Å². The number of aliphatic carboxylic acids is 1. The van der Waals surface area contributed by atoms with E-state index in [4.69, 9.17) is 9.52 Å². The third-order valence-corrected chi connectivity index (χ3v) is 5.64. The fourth-order valence-electron chi connectivity index (χ4n) is 4.11. The molecule has 0 radical (unpaired) electrons. The van der Waals surface area contributed by atoms with E-state index in [1.807, 2.05) is 54.3 Å². The summed E-state index contributed by atoms with van der Waals surface area (Å²) in [5.41, 5.74) is 2.27. The van der Waals surface area contributed by atoms with Crippen LogP contribution in [-0.4, -0.2) is 59.1 Å². The van der Waals surface area contributed by atoms with Crippen LogP contribution in [0.2, 0.25) is 0 Å². The first-order chi connectivity index (χ1) is 14.0. The Morgan fingerprint density at radius 1 is 1.14 bits per heavy atom. The zero-order valence-electron chi connectivity index (χ0n) is 16.4. The Hall–Kier alpha value is -3.06. The van der Waals surface area contributed by atoms with Crippen LogP contribution >= 0.6 is 0 Å². The summed E-state index contributed by atoms with van der Waals surface area (Å²) in [6, 6.07) is 13.6. The smallest absolute Gasteiger partial charge is 0.321 e. The molecule has 2 N–H and O–H groups in total. The molecule has 3 aromatic rings. The van der Waals surface area contributed by atoms with Crippen molar-refractivity contribution in [3.05, 3.63) is 42.5 Å². The lowest BCUT2D eigenvalue weighted by Gasteiger charge is -2.37. The Balaban J connectivity index is 1.40. The minimum atomic E-state index is -0.812. The highest BCUT2D eigenvalue weighted by molar-refractivity contribution is 6.06. The molecule has 0 saturated carbocycles. The molecule has 0 bridgehead atoms. The maximum Gasteiger partial charge on any atom is 0.321 e. The molecule has 2 aromatic carbocycles. The lowest BCUT2D eigenvalue weighted by Crippen LogP contribution is -2.49. The summed E-state index contributed by atoms with van der Waals surface area (Å²) in [6.07, 6.45) is 1.55. The van der Waals surface area contributed by atoms with Gasteiger partial charge in [-0.2, -0.15) is 0 Å². The number of carbonyl (C=O) groups is 2. The van der Waals surface area contributed by atoms with E-state index in [2.05, 4.69) is 5.32 Å². The highest BCUT2D eigenvalue weighted by atomic mass is 16.4. The first kappa shape index (κ1) is 19.3.